The van der Waals surface area contributed by atoms with Crippen LogP contribution in [-0.2, 0) is 4.79 Å². The molecule has 6 heteroatoms. The number of nitrogens with one attached hydrogen (secondary N) is 3. The largest absolute Gasteiger partial charge is 0.335 e. The monoisotopic (exact) mass is 342 g/mol. The lowest BCUT2D eigenvalue weighted by Gasteiger charge is -2.32. The van der Waals surface area contributed by atoms with E-state index in [2.05, 4.69) is 20.9 Å². The van der Waals surface area contributed by atoms with E-state index in [0.717, 1.165) is 50.5 Å². The molecule has 3 amide bonds. The summed E-state index contributed by atoms with van der Waals surface area (Å²) in [6, 6.07) is 8.20. The third kappa shape index (κ3) is 4.51. The Morgan fingerprint density at radius 2 is 1.60 bits per heavy atom. The number of carbonyl (C=O) groups excluding carboxylic acids is 2. The number of likely N-dealkylation sites (tertiary alicyclic amines) is 1. The quantitative estimate of drug-likeness (QED) is 0.770. The summed E-state index contributed by atoms with van der Waals surface area (Å²) in [5.41, 5.74) is 1.42. The molecule has 2 aliphatic carbocycles. The van der Waals surface area contributed by atoms with Gasteiger partial charge in [0.05, 0.1) is 0 Å². The zero-order chi connectivity index (χ0) is 17.2. The predicted molar refractivity (Wildman–Crippen MR) is 97.6 cm³/mol. The summed E-state index contributed by atoms with van der Waals surface area (Å²) in [7, 11) is 0. The standard InChI is InChI=1S/C19H26N4O2/c24-18(13-4-5-13)20-15-2-1-3-16(12-15)22-19(25)21-14-8-10-23(11-9-14)17-6-7-17/h1-3,12-14,17H,4-11H2,(H,20,24)(H2,21,22,25). The van der Waals surface area contributed by atoms with Crippen LogP contribution in [0.25, 0.3) is 0 Å². The van der Waals surface area contributed by atoms with Crippen molar-refractivity contribution in [1.82, 2.24) is 10.2 Å². The Kier molecular flexibility index (Phi) is 4.61. The molecule has 0 aromatic heterocycles. The van der Waals surface area contributed by atoms with E-state index in [9.17, 15) is 9.59 Å². The molecule has 6 nitrogen and oxygen atoms in total. The SMILES string of the molecule is O=C(Nc1cccc(NC(=O)C2CC2)c1)NC1CCN(C2CC2)CC1. The third-order valence-electron chi connectivity index (χ3n) is 5.26. The Labute approximate surface area is 148 Å². The summed E-state index contributed by atoms with van der Waals surface area (Å²) < 4.78 is 0. The van der Waals surface area contributed by atoms with Crippen LogP contribution < -0.4 is 16.0 Å². The van der Waals surface area contributed by atoms with Crippen molar-refractivity contribution in [2.45, 2.75) is 50.6 Å². The van der Waals surface area contributed by atoms with Crippen LogP contribution in [0.2, 0.25) is 0 Å². The lowest BCUT2D eigenvalue weighted by Crippen LogP contribution is -2.46. The van der Waals surface area contributed by atoms with Crippen molar-refractivity contribution in [2.75, 3.05) is 23.7 Å². The van der Waals surface area contributed by atoms with E-state index in [1.54, 1.807) is 6.07 Å². The summed E-state index contributed by atoms with van der Waals surface area (Å²) in [4.78, 5) is 26.6. The van der Waals surface area contributed by atoms with Gasteiger partial charge in [0, 0.05) is 42.5 Å². The fourth-order valence-electron chi connectivity index (χ4n) is 3.47. The Morgan fingerprint density at radius 3 is 2.24 bits per heavy atom. The van der Waals surface area contributed by atoms with E-state index in [0.29, 0.717) is 5.69 Å². The van der Waals surface area contributed by atoms with Gasteiger partial charge in [0.25, 0.3) is 0 Å². The maximum atomic E-state index is 12.2. The van der Waals surface area contributed by atoms with Crippen molar-refractivity contribution in [1.29, 1.82) is 0 Å². The molecular formula is C19H26N4O2. The highest BCUT2D eigenvalue weighted by Crippen LogP contribution is 2.31. The first kappa shape index (κ1) is 16.4. The van der Waals surface area contributed by atoms with Gasteiger partial charge < -0.3 is 20.9 Å². The number of amides is 3. The molecule has 1 heterocycles. The zero-order valence-electron chi connectivity index (χ0n) is 14.5. The number of hydrogen-bond acceptors (Lipinski definition) is 3. The molecule has 0 bridgehead atoms. The maximum Gasteiger partial charge on any atom is 0.319 e. The van der Waals surface area contributed by atoms with Gasteiger partial charge in [-0.1, -0.05) is 6.07 Å². The number of nitrogens with zero attached hydrogens (tertiary/aromatic N) is 1. The predicted octanol–water partition coefficient (Wildman–Crippen LogP) is 2.78. The number of urea groups is 1. The highest BCUT2D eigenvalue weighted by Gasteiger charge is 2.32. The topological polar surface area (TPSA) is 73.5 Å². The van der Waals surface area contributed by atoms with Crippen LogP contribution in [0.15, 0.2) is 24.3 Å². The fraction of sp³-hybridized carbons (Fsp3) is 0.579. The van der Waals surface area contributed by atoms with Crippen molar-refractivity contribution in [3.8, 4) is 0 Å². The molecular weight excluding hydrogens is 316 g/mol. The van der Waals surface area contributed by atoms with Crippen molar-refractivity contribution in [3.05, 3.63) is 24.3 Å². The van der Waals surface area contributed by atoms with Gasteiger partial charge in [-0.05, 0) is 56.7 Å². The average Bonchev–Trinajstić information content (AvgIpc) is 3.49. The zero-order valence-corrected chi connectivity index (χ0v) is 14.5. The number of rotatable bonds is 5. The van der Waals surface area contributed by atoms with Crippen LogP contribution in [0, 0.1) is 5.92 Å². The minimum Gasteiger partial charge on any atom is -0.335 e. The molecule has 0 atom stereocenters. The molecule has 0 unspecified atom stereocenters. The van der Waals surface area contributed by atoms with E-state index in [-0.39, 0.29) is 23.9 Å². The first-order chi connectivity index (χ1) is 12.2. The van der Waals surface area contributed by atoms with Gasteiger partial charge in [-0.2, -0.15) is 0 Å². The lowest BCUT2D eigenvalue weighted by molar-refractivity contribution is -0.117. The van der Waals surface area contributed by atoms with Crippen LogP contribution >= 0.6 is 0 Å². The van der Waals surface area contributed by atoms with Crippen LogP contribution in [0.5, 0.6) is 0 Å². The van der Waals surface area contributed by atoms with Crippen LogP contribution in [0.1, 0.15) is 38.5 Å². The average molecular weight is 342 g/mol. The van der Waals surface area contributed by atoms with Crippen molar-refractivity contribution < 1.29 is 9.59 Å². The second kappa shape index (κ2) is 7.04. The van der Waals surface area contributed by atoms with E-state index in [1.165, 1.54) is 12.8 Å². The Bertz CT molecular complexity index is 647. The van der Waals surface area contributed by atoms with Gasteiger partial charge in [0.1, 0.15) is 0 Å². The van der Waals surface area contributed by atoms with Crippen molar-refractivity contribution in [3.63, 3.8) is 0 Å². The normalized spacial score (nSPS) is 21.6. The molecule has 25 heavy (non-hydrogen) atoms. The second-order valence-corrected chi connectivity index (χ2v) is 7.48. The van der Waals surface area contributed by atoms with E-state index >= 15 is 0 Å². The molecule has 2 saturated carbocycles. The smallest absolute Gasteiger partial charge is 0.319 e. The molecule has 4 rings (SSSR count). The highest BCUT2D eigenvalue weighted by molar-refractivity contribution is 5.95. The molecule has 3 fully saturated rings. The van der Waals surface area contributed by atoms with Gasteiger partial charge in [-0.15, -0.1) is 0 Å². The second-order valence-electron chi connectivity index (χ2n) is 7.48. The number of hydrogen-bond donors (Lipinski definition) is 3. The van der Waals surface area contributed by atoms with E-state index < -0.39 is 0 Å². The Morgan fingerprint density at radius 1 is 0.920 bits per heavy atom. The Balaban J connectivity index is 1.25. The lowest BCUT2D eigenvalue weighted by atomic mass is 10.1. The molecule has 1 aliphatic heterocycles. The molecule has 0 radical (unpaired) electrons. The Hall–Kier alpha value is -2.08. The van der Waals surface area contributed by atoms with E-state index in [4.69, 9.17) is 0 Å². The summed E-state index contributed by atoms with van der Waals surface area (Å²) in [6.45, 7) is 2.16. The van der Waals surface area contributed by atoms with Crippen LogP contribution in [0.3, 0.4) is 0 Å². The first-order valence-electron chi connectivity index (χ1n) is 9.40. The molecule has 1 saturated heterocycles. The third-order valence-corrected chi connectivity index (χ3v) is 5.26. The minimum atomic E-state index is -0.171. The number of piperidine rings is 1. The molecule has 1 aromatic rings. The number of benzene rings is 1. The van der Waals surface area contributed by atoms with Gasteiger partial charge in [-0.3, -0.25) is 4.79 Å². The van der Waals surface area contributed by atoms with Gasteiger partial charge in [0.15, 0.2) is 0 Å². The first-order valence-corrected chi connectivity index (χ1v) is 9.40. The van der Waals surface area contributed by atoms with Crippen molar-refractivity contribution >= 4 is 23.3 Å². The summed E-state index contributed by atoms with van der Waals surface area (Å²) in [6.07, 6.45) is 6.67. The molecule has 3 aliphatic rings. The summed E-state index contributed by atoms with van der Waals surface area (Å²) in [5.74, 6) is 0.241. The minimum absolute atomic E-state index is 0.0732. The summed E-state index contributed by atoms with van der Waals surface area (Å²) >= 11 is 0. The van der Waals surface area contributed by atoms with E-state index in [1.807, 2.05) is 18.2 Å². The molecule has 0 spiro atoms. The molecule has 3 N–H and O–H groups in total. The van der Waals surface area contributed by atoms with Crippen LogP contribution in [0.4, 0.5) is 16.2 Å². The van der Waals surface area contributed by atoms with Gasteiger partial charge >= 0.3 is 6.03 Å². The van der Waals surface area contributed by atoms with Gasteiger partial charge in [0.2, 0.25) is 5.91 Å². The fourth-order valence-corrected chi connectivity index (χ4v) is 3.47. The number of carbonyl (C=O) groups is 2. The molecule has 1 aromatic carbocycles. The van der Waals surface area contributed by atoms with Gasteiger partial charge in [-0.25, -0.2) is 4.79 Å². The number of anilines is 2. The highest BCUT2D eigenvalue weighted by atomic mass is 16.2. The maximum absolute atomic E-state index is 12.2. The van der Waals surface area contributed by atoms with Crippen molar-refractivity contribution in [2.24, 2.45) is 5.92 Å². The van der Waals surface area contributed by atoms with Crippen LogP contribution in [-0.4, -0.2) is 42.0 Å². The summed E-state index contributed by atoms with van der Waals surface area (Å²) in [5, 5.41) is 8.85. The molecule has 134 valence electrons.